The fraction of sp³-hybridized carbons (Fsp3) is 0.111. The molecule has 4 aromatic rings. The Kier molecular flexibility index (Phi) is 7.72. The number of carbonyl (C=O) groups excluding carboxylic acids is 1. The monoisotopic (exact) mass is 502 g/mol. The molecule has 0 fully saturated rings. The van der Waals surface area contributed by atoms with Gasteiger partial charge in [0.1, 0.15) is 29.1 Å². The Morgan fingerprint density at radius 3 is 2.18 bits per heavy atom. The van der Waals surface area contributed by atoms with E-state index in [1.807, 2.05) is 84.9 Å². The summed E-state index contributed by atoms with van der Waals surface area (Å²) < 4.78 is 12.4. The third kappa shape index (κ3) is 6.67. The molecule has 1 heterocycles. The van der Waals surface area contributed by atoms with Gasteiger partial charge in [0.05, 0.1) is 0 Å². The lowest BCUT2D eigenvalue weighted by Gasteiger charge is -2.14. The maximum absolute atomic E-state index is 12.8. The normalized spacial score (nSPS) is 10.5. The van der Waals surface area contributed by atoms with E-state index in [9.17, 15) is 4.79 Å². The van der Waals surface area contributed by atoms with E-state index in [1.54, 1.807) is 12.3 Å². The Labute approximate surface area is 201 Å². The summed E-state index contributed by atoms with van der Waals surface area (Å²) in [6, 6.07) is 28.7. The molecule has 3 aromatic carbocycles. The maximum atomic E-state index is 12.8. The van der Waals surface area contributed by atoms with Crippen LogP contribution < -0.4 is 10.1 Å². The van der Waals surface area contributed by atoms with Crippen molar-refractivity contribution >= 4 is 27.6 Å². The van der Waals surface area contributed by atoms with E-state index in [-0.39, 0.29) is 6.61 Å². The molecule has 4 rings (SSSR count). The maximum Gasteiger partial charge on any atom is 0.342 e. The first-order valence-corrected chi connectivity index (χ1v) is 11.3. The number of nitrogens with zero attached hydrogens (tertiary/aromatic N) is 1. The highest BCUT2D eigenvalue weighted by atomic mass is 79.9. The van der Waals surface area contributed by atoms with Crippen molar-refractivity contribution in [3.8, 4) is 5.75 Å². The van der Waals surface area contributed by atoms with Crippen molar-refractivity contribution in [3.63, 3.8) is 0 Å². The number of esters is 1. The highest BCUT2D eigenvalue weighted by molar-refractivity contribution is 9.10. The van der Waals surface area contributed by atoms with Crippen molar-refractivity contribution < 1.29 is 14.3 Å². The van der Waals surface area contributed by atoms with E-state index in [0.717, 1.165) is 27.0 Å². The number of carbonyl (C=O) groups is 1. The van der Waals surface area contributed by atoms with Crippen LogP contribution in [0.1, 0.15) is 27.0 Å². The van der Waals surface area contributed by atoms with Gasteiger partial charge >= 0.3 is 5.97 Å². The number of ether oxygens (including phenoxy) is 2. The molecule has 0 saturated heterocycles. The van der Waals surface area contributed by atoms with Crippen LogP contribution in [0.2, 0.25) is 0 Å². The molecular weight excluding hydrogens is 480 g/mol. The molecule has 1 aromatic heterocycles. The zero-order valence-corrected chi connectivity index (χ0v) is 19.5. The van der Waals surface area contributed by atoms with E-state index in [1.165, 1.54) is 0 Å². The molecule has 1 N–H and O–H groups in total. The van der Waals surface area contributed by atoms with Crippen molar-refractivity contribution in [1.29, 1.82) is 0 Å². The third-order valence-corrected chi connectivity index (χ3v) is 5.41. The molecule has 0 unspecified atom stereocenters. The zero-order chi connectivity index (χ0) is 22.9. The SMILES string of the molecule is O=C(OCc1ccccc1)c1ccc(NCc2ccc(Br)nc2)cc1OCc1ccccc1. The average Bonchev–Trinajstić information content (AvgIpc) is 2.87. The van der Waals surface area contributed by atoms with Crippen molar-refractivity contribution in [2.75, 3.05) is 5.32 Å². The minimum atomic E-state index is -0.425. The second-order valence-electron chi connectivity index (χ2n) is 7.39. The molecule has 166 valence electrons. The van der Waals surface area contributed by atoms with E-state index in [2.05, 4.69) is 26.2 Å². The molecule has 0 aliphatic heterocycles. The summed E-state index contributed by atoms with van der Waals surface area (Å²) in [4.78, 5) is 17.1. The second-order valence-corrected chi connectivity index (χ2v) is 8.20. The number of hydrogen-bond donors (Lipinski definition) is 1. The summed E-state index contributed by atoms with van der Waals surface area (Å²) in [5.41, 5.74) is 4.20. The Balaban J connectivity index is 1.49. The summed E-state index contributed by atoms with van der Waals surface area (Å²) >= 11 is 3.34. The van der Waals surface area contributed by atoms with Gasteiger partial charge < -0.3 is 14.8 Å². The Hall–Kier alpha value is -3.64. The van der Waals surface area contributed by atoms with Gasteiger partial charge in [-0.25, -0.2) is 9.78 Å². The van der Waals surface area contributed by atoms with Crippen LogP contribution in [0.4, 0.5) is 5.69 Å². The molecular formula is C27H23BrN2O3. The molecule has 0 aliphatic rings. The number of benzene rings is 3. The first-order valence-electron chi connectivity index (χ1n) is 10.5. The lowest BCUT2D eigenvalue weighted by molar-refractivity contribution is 0.0467. The minimum Gasteiger partial charge on any atom is -0.488 e. The summed E-state index contributed by atoms with van der Waals surface area (Å²) in [5.74, 6) is 0.0430. The number of aromatic nitrogens is 1. The van der Waals surface area contributed by atoms with Crippen LogP contribution in [0.25, 0.3) is 0 Å². The molecule has 6 heteroatoms. The molecule has 0 bridgehead atoms. The van der Waals surface area contributed by atoms with Crippen LogP contribution in [-0.4, -0.2) is 11.0 Å². The van der Waals surface area contributed by atoms with Crippen LogP contribution in [0.5, 0.6) is 5.75 Å². The van der Waals surface area contributed by atoms with Crippen molar-refractivity contribution in [2.45, 2.75) is 19.8 Å². The molecule has 0 radical (unpaired) electrons. The molecule has 0 spiro atoms. The predicted molar refractivity (Wildman–Crippen MR) is 132 cm³/mol. The lowest BCUT2D eigenvalue weighted by atomic mass is 10.1. The Bertz CT molecular complexity index is 1180. The largest absolute Gasteiger partial charge is 0.488 e. The van der Waals surface area contributed by atoms with Gasteiger partial charge in [0.2, 0.25) is 0 Å². The second kappa shape index (κ2) is 11.3. The van der Waals surface area contributed by atoms with Crippen LogP contribution in [0, 0.1) is 0 Å². The summed E-state index contributed by atoms with van der Waals surface area (Å²) in [6.45, 7) is 1.14. The summed E-state index contributed by atoms with van der Waals surface area (Å²) in [6.07, 6.45) is 1.80. The van der Waals surface area contributed by atoms with Gasteiger partial charge in [0.25, 0.3) is 0 Å². The topological polar surface area (TPSA) is 60.5 Å². The van der Waals surface area contributed by atoms with Crippen molar-refractivity contribution in [2.24, 2.45) is 0 Å². The van der Waals surface area contributed by atoms with Gasteiger partial charge in [-0.05, 0) is 50.8 Å². The van der Waals surface area contributed by atoms with E-state index in [0.29, 0.717) is 24.5 Å². The molecule has 0 aliphatic carbocycles. The molecule has 0 amide bonds. The van der Waals surface area contributed by atoms with Crippen LogP contribution >= 0.6 is 15.9 Å². The van der Waals surface area contributed by atoms with E-state index >= 15 is 0 Å². The van der Waals surface area contributed by atoms with Crippen LogP contribution in [0.15, 0.2) is 102 Å². The van der Waals surface area contributed by atoms with Gasteiger partial charge in [0.15, 0.2) is 0 Å². The van der Waals surface area contributed by atoms with Crippen LogP contribution in [-0.2, 0) is 24.5 Å². The first kappa shape index (κ1) is 22.6. The van der Waals surface area contributed by atoms with Gasteiger partial charge in [0, 0.05) is 24.5 Å². The summed E-state index contributed by atoms with van der Waals surface area (Å²) in [7, 11) is 0. The highest BCUT2D eigenvalue weighted by Crippen LogP contribution is 2.26. The molecule has 0 saturated carbocycles. The smallest absolute Gasteiger partial charge is 0.342 e. The fourth-order valence-electron chi connectivity index (χ4n) is 3.17. The number of anilines is 1. The van der Waals surface area contributed by atoms with Crippen molar-refractivity contribution in [3.05, 3.63) is 124 Å². The Morgan fingerprint density at radius 2 is 1.52 bits per heavy atom. The van der Waals surface area contributed by atoms with Gasteiger partial charge in [-0.3, -0.25) is 0 Å². The number of hydrogen-bond acceptors (Lipinski definition) is 5. The predicted octanol–water partition coefficient (Wildman–Crippen LogP) is 6.39. The standard InChI is InChI=1S/C27H23BrN2O3/c28-26-14-11-22(17-30-26)16-29-23-12-13-24(27(31)33-19-21-9-5-2-6-10-21)25(15-23)32-18-20-7-3-1-4-8-20/h1-15,17,29H,16,18-19H2. The number of nitrogens with one attached hydrogen (secondary N) is 1. The lowest BCUT2D eigenvalue weighted by Crippen LogP contribution is -2.09. The third-order valence-electron chi connectivity index (χ3n) is 4.94. The molecule has 0 atom stereocenters. The highest BCUT2D eigenvalue weighted by Gasteiger charge is 2.16. The number of pyridine rings is 1. The van der Waals surface area contributed by atoms with Gasteiger partial charge in [-0.1, -0.05) is 66.7 Å². The Morgan fingerprint density at radius 1 is 0.818 bits per heavy atom. The fourth-order valence-corrected chi connectivity index (χ4v) is 3.41. The summed E-state index contributed by atoms with van der Waals surface area (Å²) in [5, 5.41) is 3.36. The molecule has 33 heavy (non-hydrogen) atoms. The van der Waals surface area contributed by atoms with Gasteiger partial charge in [-0.2, -0.15) is 0 Å². The van der Waals surface area contributed by atoms with E-state index < -0.39 is 5.97 Å². The average molecular weight is 503 g/mol. The van der Waals surface area contributed by atoms with E-state index in [4.69, 9.17) is 9.47 Å². The minimum absolute atomic E-state index is 0.203. The first-order chi connectivity index (χ1) is 16.2. The quantitative estimate of drug-likeness (QED) is 0.212. The number of halogens is 1. The zero-order valence-electron chi connectivity index (χ0n) is 17.9. The number of rotatable bonds is 9. The van der Waals surface area contributed by atoms with Crippen molar-refractivity contribution in [1.82, 2.24) is 4.98 Å². The molecule has 5 nitrogen and oxygen atoms in total. The van der Waals surface area contributed by atoms with Gasteiger partial charge in [-0.15, -0.1) is 0 Å². The van der Waals surface area contributed by atoms with Crippen LogP contribution in [0.3, 0.4) is 0 Å².